The van der Waals surface area contributed by atoms with Crippen LogP contribution in [-0.4, -0.2) is 41.9 Å². The fourth-order valence-corrected chi connectivity index (χ4v) is 2.61. The number of hydrogen-bond acceptors (Lipinski definition) is 5. The lowest BCUT2D eigenvalue weighted by atomic mass is 10.2. The van der Waals surface area contributed by atoms with E-state index in [4.69, 9.17) is 0 Å². The van der Waals surface area contributed by atoms with Crippen LogP contribution in [0.4, 0.5) is 0 Å². The summed E-state index contributed by atoms with van der Waals surface area (Å²) in [6.07, 6.45) is 7.27. The number of fused-ring (bicyclic) bond motifs is 2. The van der Waals surface area contributed by atoms with Crippen molar-refractivity contribution < 1.29 is 0 Å². The standard InChI is InChI=1S/C13H11N7S/c1-21-13-18-17-12-19(8-16-20(12)13)15-7-9-6-14-11-5-3-2-4-10(9)11/h2-8,14H,1H3. The molecule has 104 valence electrons. The van der Waals surface area contributed by atoms with Gasteiger partial charge in [-0.15, -0.1) is 10.2 Å². The normalized spacial score (nSPS) is 12.0. The highest BCUT2D eigenvalue weighted by atomic mass is 32.2. The van der Waals surface area contributed by atoms with E-state index in [1.165, 1.54) is 11.8 Å². The van der Waals surface area contributed by atoms with Gasteiger partial charge in [-0.3, -0.25) is 0 Å². The third-order valence-corrected chi connectivity index (χ3v) is 3.82. The van der Waals surface area contributed by atoms with Gasteiger partial charge in [-0.1, -0.05) is 30.0 Å². The average Bonchev–Trinajstić information content (AvgIpc) is 3.20. The van der Waals surface area contributed by atoms with Gasteiger partial charge in [-0.2, -0.15) is 19.4 Å². The van der Waals surface area contributed by atoms with Gasteiger partial charge in [0, 0.05) is 22.7 Å². The summed E-state index contributed by atoms with van der Waals surface area (Å²) in [4.78, 5) is 3.22. The Labute approximate surface area is 123 Å². The summed E-state index contributed by atoms with van der Waals surface area (Å²) in [5.74, 6) is 0.593. The van der Waals surface area contributed by atoms with Gasteiger partial charge < -0.3 is 4.98 Å². The van der Waals surface area contributed by atoms with E-state index in [2.05, 4.69) is 31.4 Å². The van der Waals surface area contributed by atoms with Crippen LogP contribution in [0.3, 0.4) is 0 Å². The number of nitrogens with zero attached hydrogens (tertiary/aromatic N) is 6. The van der Waals surface area contributed by atoms with Gasteiger partial charge in [0.2, 0.25) is 5.16 Å². The Morgan fingerprint density at radius 3 is 3.10 bits per heavy atom. The van der Waals surface area contributed by atoms with Crippen LogP contribution in [0.2, 0.25) is 0 Å². The molecule has 1 aromatic carbocycles. The molecule has 0 fully saturated rings. The number of hydrogen-bond donors (Lipinski definition) is 1. The van der Waals surface area contributed by atoms with Crippen molar-refractivity contribution in [2.45, 2.75) is 5.16 Å². The van der Waals surface area contributed by atoms with Gasteiger partial charge >= 0.3 is 0 Å². The van der Waals surface area contributed by atoms with Crippen LogP contribution in [-0.2, 0) is 0 Å². The summed E-state index contributed by atoms with van der Waals surface area (Å²) < 4.78 is 3.27. The lowest BCUT2D eigenvalue weighted by Gasteiger charge is -1.92. The van der Waals surface area contributed by atoms with Crippen molar-refractivity contribution in [2.75, 3.05) is 6.26 Å². The van der Waals surface area contributed by atoms with E-state index in [-0.39, 0.29) is 0 Å². The van der Waals surface area contributed by atoms with Crippen LogP contribution in [0.15, 0.2) is 47.0 Å². The molecule has 3 aromatic heterocycles. The lowest BCUT2D eigenvalue weighted by molar-refractivity contribution is 0.817. The molecule has 0 bridgehead atoms. The molecular weight excluding hydrogens is 286 g/mol. The topological polar surface area (TPSA) is 76.2 Å². The number of benzene rings is 1. The largest absolute Gasteiger partial charge is 0.361 e. The molecule has 0 aliphatic rings. The van der Waals surface area contributed by atoms with Crippen molar-refractivity contribution in [3.05, 3.63) is 42.4 Å². The Bertz CT molecular complexity index is 946. The number of aromatic nitrogens is 6. The van der Waals surface area contributed by atoms with Gasteiger partial charge in [-0.25, -0.2) is 0 Å². The monoisotopic (exact) mass is 297 g/mol. The Hall–Kier alpha value is -2.61. The van der Waals surface area contributed by atoms with Gasteiger partial charge in [0.05, 0.1) is 6.21 Å². The molecule has 0 unspecified atom stereocenters. The van der Waals surface area contributed by atoms with Crippen LogP contribution in [0.25, 0.3) is 16.7 Å². The van der Waals surface area contributed by atoms with Crippen LogP contribution in [0, 0.1) is 0 Å². The van der Waals surface area contributed by atoms with Crippen LogP contribution >= 0.6 is 11.8 Å². The van der Waals surface area contributed by atoms with Crippen LogP contribution < -0.4 is 0 Å². The third kappa shape index (κ3) is 1.91. The Morgan fingerprint density at radius 1 is 1.29 bits per heavy atom. The van der Waals surface area contributed by atoms with Crippen molar-refractivity contribution >= 4 is 34.7 Å². The first kappa shape index (κ1) is 12.2. The fourth-order valence-electron chi connectivity index (χ4n) is 2.19. The summed E-state index contributed by atoms with van der Waals surface area (Å²) in [5.41, 5.74) is 2.10. The predicted octanol–water partition coefficient (Wildman–Crippen LogP) is 2.01. The quantitative estimate of drug-likeness (QED) is 0.463. The smallest absolute Gasteiger partial charge is 0.275 e. The fraction of sp³-hybridized carbons (Fsp3) is 0.0769. The maximum absolute atomic E-state index is 4.41. The summed E-state index contributed by atoms with van der Waals surface area (Å²) in [6, 6.07) is 8.09. The number of rotatable bonds is 3. The molecular formula is C13H11N7S. The molecule has 0 aliphatic carbocycles. The summed E-state index contributed by atoms with van der Waals surface area (Å²) in [5, 5.41) is 18.6. The molecule has 0 radical (unpaired) electrons. The Balaban J connectivity index is 1.75. The number of aromatic amines is 1. The van der Waals surface area contributed by atoms with Gasteiger partial charge in [-0.05, 0) is 12.3 Å². The summed E-state index contributed by atoms with van der Waals surface area (Å²) >= 11 is 1.49. The minimum atomic E-state index is 0.593. The average molecular weight is 297 g/mol. The SMILES string of the molecule is CSc1nnc2n(N=Cc3c[nH]c4ccccc34)cnn12. The first-order valence-electron chi connectivity index (χ1n) is 6.30. The van der Waals surface area contributed by atoms with E-state index in [0.717, 1.165) is 21.6 Å². The zero-order valence-corrected chi connectivity index (χ0v) is 11.9. The zero-order valence-electron chi connectivity index (χ0n) is 11.1. The van der Waals surface area contributed by atoms with E-state index in [1.54, 1.807) is 21.7 Å². The molecule has 0 atom stereocenters. The summed E-state index contributed by atoms with van der Waals surface area (Å²) in [6.45, 7) is 0. The maximum atomic E-state index is 4.41. The molecule has 0 aliphatic heterocycles. The van der Waals surface area contributed by atoms with Crippen molar-refractivity contribution in [2.24, 2.45) is 5.10 Å². The highest BCUT2D eigenvalue weighted by molar-refractivity contribution is 7.98. The molecule has 4 aromatic rings. The van der Waals surface area contributed by atoms with Gasteiger partial charge in [0.1, 0.15) is 6.33 Å². The second-order valence-corrected chi connectivity index (χ2v) is 5.18. The maximum Gasteiger partial charge on any atom is 0.275 e. The molecule has 0 saturated carbocycles. The first-order valence-corrected chi connectivity index (χ1v) is 7.52. The molecule has 0 spiro atoms. The van der Waals surface area contributed by atoms with Crippen molar-refractivity contribution in [3.8, 4) is 0 Å². The molecule has 4 rings (SSSR count). The zero-order chi connectivity index (χ0) is 14.2. The second kappa shape index (κ2) is 4.74. The van der Waals surface area contributed by atoms with Gasteiger partial charge in [0.15, 0.2) is 0 Å². The molecule has 3 heterocycles. The minimum Gasteiger partial charge on any atom is -0.361 e. The van der Waals surface area contributed by atoms with E-state index in [9.17, 15) is 0 Å². The highest BCUT2D eigenvalue weighted by Crippen LogP contribution is 2.16. The van der Waals surface area contributed by atoms with E-state index >= 15 is 0 Å². The van der Waals surface area contributed by atoms with Crippen molar-refractivity contribution in [1.82, 2.24) is 29.5 Å². The Kier molecular flexibility index (Phi) is 2.74. The summed E-state index contributed by atoms with van der Waals surface area (Å²) in [7, 11) is 0. The second-order valence-electron chi connectivity index (χ2n) is 4.41. The number of H-pyrrole nitrogens is 1. The van der Waals surface area contributed by atoms with Crippen LogP contribution in [0.1, 0.15) is 5.56 Å². The number of para-hydroxylation sites is 1. The molecule has 1 N–H and O–H groups in total. The molecule has 0 saturated heterocycles. The Morgan fingerprint density at radius 2 is 2.19 bits per heavy atom. The molecule has 7 nitrogen and oxygen atoms in total. The number of nitrogens with one attached hydrogen (secondary N) is 1. The van der Waals surface area contributed by atoms with E-state index in [0.29, 0.717) is 5.78 Å². The lowest BCUT2D eigenvalue weighted by Crippen LogP contribution is -1.90. The van der Waals surface area contributed by atoms with Crippen molar-refractivity contribution in [3.63, 3.8) is 0 Å². The predicted molar refractivity (Wildman–Crippen MR) is 81.8 cm³/mol. The number of thioether (sulfide) groups is 1. The molecule has 8 heteroatoms. The van der Waals surface area contributed by atoms with Crippen LogP contribution in [0.5, 0.6) is 0 Å². The highest BCUT2D eigenvalue weighted by Gasteiger charge is 2.09. The first-order chi connectivity index (χ1) is 10.4. The third-order valence-electron chi connectivity index (χ3n) is 3.20. The van der Waals surface area contributed by atoms with Gasteiger partial charge in [0.25, 0.3) is 5.78 Å². The molecule has 0 amide bonds. The van der Waals surface area contributed by atoms with E-state index in [1.807, 2.05) is 30.7 Å². The van der Waals surface area contributed by atoms with E-state index < -0.39 is 0 Å². The minimum absolute atomic E-state index is 0.593. The molecule has 21 heavy (non-hydrogen) atoms. The van der Waals surface area contributed by atoms with Crippen molar-refractivity contribution in [1.29, 1.82) is 0 Å².